The van der Waals surface area contributed by atoms with Crippen molar-refractivity contribution in [3.8, 4) is 11.4 Å². The van der Waals surface area contributed by atoms with Crippen LogP contribution in [0.25, 0.3) is 17.5 Å². The van der Waals surface area contributed by atoms with E-state index in [0.717, 1.165) is 11.1 Å². The molecular formula is C19H15ClN4O2. The van der Waals surface area contributed by atoms with Crippen LogP contribution in [0.4, 0.5) is 0 Å². The van der Waals surface area contributed by atoms with E-state index in [2.05, 4.69) is 21.7 Å². The Morgan fingerprint density at radius 3 is 2.85 bits per heavy atom. The zero-order valence-corrected chi connectivity index (χ0v) is 14.8. The topological polar surface area (TPSA) is 77.2 Å². The fourth-order valence-electron chi connectivity index (χ4n) is 2.75. The van der Waals surface area contributed by atoms with E-state index in [1.807, 2.05) is 25.1 Å². The largest absolute Gasteiger partial charge is 0.335 e. The summed E-state index contributed by atoms with van der Waals surface area (Å²) in [7, 11) is 0. The predicted octanol–water partition coefficient (Wildman–Crippen LogP) is 4.50. The molecule has 0 aliphatic rings. The Morgan fingerprint density at radius 2 is 2.19 bits per heavy atom. The van der Waals surface area contributed by atoms with E-state index in [1.54, 1.807) is 29.1 Å². The molecule has 0 bridgehead atoms. The first-order valence-corrected chi connectivity index (χ1v) is 8.19. The third-order valence-corrected chi connectivity index (χ3v) is 4.29. The van der Waals surface area contributed by atoms with Gasteiger partial charge in [0.25, 0.3) is 0 Å². The zero-order chi connectivity index (χ0) is 18.7. The van der Waals surface area contributed by atoms with Gasteiger partial charge in [-0.15, -0.1) is 4.91 Å². The SMILES string of the molecule is C=Cc1nc(-c2cccnc2)n(Cc2cc(C)ccc2Cl)c1C(=O)N=O. The summed E-state index contributed by atoms with van der Waals surface area (Å²) >= 11 is 6.31. The van der Waals surface area contributed by atoms with Crippen molar-refractivity contribution in [3.63, 3.8) is 0 Å². The van der Waals surface area contributed by atoms with E-state index < -0.39 is 5.91 Å². The van der Waals surface area contributed by atoms with E-state index in [0.29, 0.717) is 16.4 Å². The van der Waals surface area contributed by atoms with Crippen LogP contribution in [-0.4, -0.2) is 20.4 Å². The molecule has 2 heterocycles. The third-order valence-electron chi connectivity index (χ3n) is 3.92. The molecule has 0 saturated carbocycles. The van der Waals surface area contributed by atoms with E-state index >= 15 is 0 Å². The number of aryl methyl sites for hydroxylation is 1. The lowest BCUT2D eigenvalue weighted by atomic mass is 10.1. The molecule has 130 valence electrons. The van der Waals surface area contributed by atoms with E-state index in [1.165, 1.54) is 6.08 Å². The maximum Gasteiger partial charge on any atom is 0.335 e. The van der Waals surface area contributed by atoms with Crippen LogP contribution in [-0.2, 0) is 6.54 Å². The summed E-state index contributed by atoms with van der Waals surface area (Å²) in [6, 6.07) is 9.20. The number of halogens is 1. The highest BCUT2D eigenvalue weighted by Crippen LogP contribution is 2.27. The molecule has 1 aromatic carbocycles. The number of benzene rings is 1. The number of carbonyl (C=O) groups excluding carboxylic acids is 1. The van der Waals surface area contributed by atoms with E-state index in [-0.39, 0.29) is 17.9 Å². The van der Waals surface area contributed by atoms with Crippen LogP contribution < -0.4 is 0 Å². The fraction of sp³-hybridized carbons (Fsp3) is 0.105. The van der Waals surface area contributed by atoms with Crippen LogP contribution in [0.5, 0.6) is 0 Å². The molecule has 0 spiro atoms. The lowest BCUT2D eigenvalue weighted by Gasteiger charge is -2.12. The van der Waals surface area contributed by atoms with Gasteiger partial charge in [0.1, 0.15) is 11.5 Å². The van der Waals surface area contributed by atoms with Crippen molar-refractivity contribution >= 4 is 23.6 Å². The van der Waals surface area contributed by atoms with Gasteiger partial charge in [0, 0.05) is 28.2 Å². The van der Waals surface area contributed by atoms with Crippen LogP contribution in [0.15, 0.2) is 54.5 Å². The van der Waals surface area contributed by atoms with Crippen LogP contribution >= 0.6 is 11.6 Å². The van der Waals surface area contributed by atoms with Gasteiger partial charge in [0.05, 0.1) is 12.2 Å². The van der Waals surface area contributed by atoms with Gasteiger partial charge in [-0.3, -0.25) is 9.78 Å². The molecule has 0 N–H and O–H groups in total. The fourth-order valence-corrected chi connectivity index (χ4v) is 2.92. The van der Waals surface area contributed by atoms with Crippen molar-refractivity contribution in [2.45, 2.75) is 13.5 Å². The molecule has 26 heavy (non-hydrogen) atoms. The van der Waals surface area contributed by atoms with Crippen LogP contribution in [0, 0.1) is 11.8 Å². The van der Waals surface area contributed by atoms with Gasteiger partial charge in [-0.1, -0.05) is 35.9 Å². The molecule has 0 unspecified atom stereocenters. The summed E-state index contributed by atoms with van der Waals surface area (Å²) < 4.78 is 1.62. The Balaban J connectivity index is 2.24. The molecule has 1 amide bonds. The number of amides is 1. The Hall–Kier alpha value is -3.12. The first-order chi connectivity index (χ1) is 12.5. The summed E-state index contributed by atoms with van der Waals surface area (Å²) in [5.74, 6) is -0.427. The summed E-state index contributed by atoms with van der Waals surface area (Å²) in [6.45, 7) is 5.88. The number of aromatic nitrogens is 3. The van der Waals surface area contributed by atoms with Crippen molar-refractivity contribution in [1.82, 2.24) is 14.5 Å². The van der Waals surface area contributed by atoms with Gasteiger partial charge in [-0.05, 0) is 36.8 Å². The second-order valence-corrected chi connectivity index (χ2v) is 6.10. The van der Waals surface area contributed by atoms with Crippen LogP contribution in [0.3, 0.4) is 0 Å². The Kier molecular flexibility index (Phi) is 5.04. The highest BCUT2D eigenvalue weighted by atomic mass is 35.5. The highest BCUT2D eigenvalue weighted by molar-refractivity contribution is 6.31. The molecule has 0 fully saturated rings. The van der Waals surface area contributed by atoms with Crippen molar-refractivity contribution in [2.24, 2.45) is 5.18 Å². The minimum absolute atomic E-state index is 0.0754. The van der Waals surface area contributed by atoms with Crippen molar-refractivity contribution in [1.29, 1.82) is 0 Å². The van der Waals surface area contributed by atoms with Gasteiger partial charge in [-0.2, -0.15) is 0 Å². The van der Waals surface area contributed by atoms with Crippen LogP contribution in [0.2, 0.25) is 5.02 Å². The zero-order valence-electron chi connectivity index (χ0n) is 14.0. The minimum atomic E-state index is -0.911. The van der Waals surface area contributed by atoms with Gasteiger partial charge < -0.3 is 4.57 Å². The maximum absolute atomic E-state index is 12.2. The molecule has 6 nitrogen and oxygen atoms in total. The Bertz CT molecular complexity index is 996. The smallest absolute Gasteiger partial charge is 0.315 e. The summed E-state index contributed by atoms with van der Waals surface area (Å²) in [4.78, 5) is 31.6. The van der Waals surface area contributed by atoms with E-state index in [9.17, 15) is 9.70 Å². The summed E-state index contributed by atoms with van der Waals surface area (Å²) in [5, 5.41) is 3.13. The molecular weight excluding hydrogens is 352 g/mol. The number of nitrogens with zero attached hydrogens (tertiary/aromatic N) is 4. The van der Waals surface area contributed by atoms with Gasteiger partial charge in [-0.25, -0.2) is 4.98 Å². The number of carbonyl (C=O) groups is 1. The van der Waals surface area contributed by atoms with Gasteiger partial charge >= 0.3 is 5.91 Å². The summed E-state index contributed by atoms with van der Waals surface area (Å²) in [6.07, 6.45) is 4.69. The molecule has 0 aliphatic heterocycles. The molecule has 3 rings (SSSR count). The average Bonchev–Trinajstić information content (AvgIpc) is 3.03. The van der Waals surface area contributed by atoms with Crippen molar-refractivity contribution in [2.75, 3.05) is 0 Å². The second-order valence-electron chi connectivity index (χ2n) is 5.69. The molecule has 3 aromatic rings. The quantitative estimate of drug-likeness (QED) is 0.622. The van der Waals surface area contributed by atoms with Crippen LogP contribution in [0.1, 0.15) is 27.3 Å². The molecule has 7 heteroatoms. The Labute approximate surface area is 155 Å². The number of pyridine rings is 1. The highest BCUT2D eigenvalue weighted by Gasteiger charge is 2.24. The Morgan fingerprint density at radius 1 is 1.38 bits per heavy atom. The first kappa shape index (κ1) is 17.7. The molecule has 0 saturated heterocycles. The van der Waals surface area contributed by atoms with Gasteiger partial charge in [0.15, 0.2) is 0 Å². The van der Waals surface area contributed by atoms with Crippen molar-refractivity contribution in [3.05, 3.63) is 81.7 Å². The summed E-state index contributed by atoms with van der Waals surface area (Å²) in [5.41, 5.74) is 2.88. The number of nitroso groups, excluding NO2 is 1. The standard InChI is InChI=1S/C19H15ClN4O2/c1-3-16-17(19(25)23-26)24(11-14-9-12(2)6-7-15(14)20)18(22-16)13-5-4-8-21-10-13/h3-10H,1,11H2,2H3. The normalized spacial score (nSPS) is 10.5. The molecule has 2 aromatic heterocycles. The third kappa shape index (κ3) is 3.32. The average molecular weight is 367 g/mol. The number of rotatable bonds is 5. The minimum Gasteiger partial charge on any atom is -0.315 e. The number of imidazole rings is 1. The van der Waals surface area contributed by atoms with Gasteiger partial charge in [0.2, 0.25) is 0 Å². The molecule has 0 aliphatic carbocycles. The molecule has 0 atom stereocenters. The maximum atomic E-state index is 12.2. The lowest BCUT2D eigenvalue weighted by molar-refractivity contribution is 0.0992. The predicted molar refractivity (Wildman–Crippen MR) is 101 cm³/mol. The second kappa shape index (κ2) is 7.41. The lowest BCUT2D eigenvalue weighted by Crippen LogP contribution is -2.11. The number of hydrogen-bond donors (Lipinski definition) is 0. The molecule has 0 radical (unpaired) electrons. The van der Waals surface area contributed by atoms with Crippen molar-refractivity contribution < 1.29 is 4.79 Å². The van der Waals surface area contributed by atoms with E-state index in [4.69, 9.17) is 11.6 Å². The first-order valence-electron chi connectivity index (χ1n) is 7.81. The number of hydrogen-bond acceptors (Lipinski definition) is 4. The monoisotopic (exact) mass is 366 g/mol.